The summed E-state index contributed by atoms with van der Waals surface area (Å²) in [6, 6.07) is 0.449. The lowest BCUT2D eigenvalue weighted by molar-refractivity contribution is -0.134. The van der Waals surface area contributed by atoms with E-state index in [-0.39, 0.29) is 42.6 Å². The zero-order chi connectivity index (χ0) is 14.0. The second-order valence-corrected chi connectivity index (χ2v) is 7.48. The third-order valence-corrected chi connectivity index (χ3v) is 6.09. The lowest BCUT2D eigenvalue weighted by atomic mass is 10.1. The summed E-state index contributed by atoms with van der Waals surface area (Å²) in [4.78, 5) is 14.1. The lowest BCUT2D eigenvalue weighted by Gasteiger charge is -2.38. The van der Waals surface area contributed by atoms with Gasteiger partial charge < -0.3 is 10.2 Å². The van der Waals surface area contributed by atoms with Gasteiger partial charge in [-0.15, -0.1) is 12.4 Å². The lowest BCUT2D eigenvalue weighted by Crippen LogP contribution is -2.57. The number of hydrogen-bond donors (Lipinski definition) is 1. The molecular formula is C12H24ClN3O3S. The van der Waals surface area contributed by atoms with Crippen LogP contribution in [-0.2, 0) is 14.8 Å². The molecule has 1 amide bonds. The van der Waals surface area contributed by atoms with Crippen LogP contribution in [0.5, 0.6) is 0 Å². The van der Waals surface area contributed by atoms with E-state index in [9.17, 15) is 13.2 Å². The SMILES string of the molecule is CC1NCCN(C(=O)CCN2CCCS2(=O)=O)C1C.Cl. The van der Waals surface area contributed by atoms with Crippen LogP contribution in [0, 0.1) is 0 Å². The summed E-state index contributed by atoms with van der Waals surface area (Å²) in [6.45, 7) is 6.49. The number of rotatable bonds is 3. The summed E-state index contributed by atoms with van der Waals surface area (Å²) in [5, 5.41) is 3.33. The molecule has 1 N–H and O–H groups in total. The van der Waals surface area contributed by atoms with E-state index in [1.165, 1.54) is 4.31 Å². The average Bonchev–Trinajstić information content (AvgIpc) is 2.69. The van der Waals surface area contributed by atoms with Crippen molar-refractivity contribution in [2.24, 2.45) is 0 Å². The highest BCUT2D eigenvalue weighted by atomic mass is 35.5. The van der Waals surface area contributed by atoms with Crippen LogP contribution in [0.4, 0.5) is 0 Å². The fourth-order valence-corrected chi connectivity index (χ4v) is 4.24. The zero-order valence-electron chi connectivity index (χ0n) is 12.0. The molecule has 0 aromatic rings. The number of carbonyl (C=O) groups excluding carboxylic acids is 1. The Hall–Kier alpha value is -0.370. The van der Waals surface area contributed by atoms with Crippen LogP contribution in [0.25, 0.3) is 0 Å². The Balaban J connectivity index is 0.00000200. The highest BCUT2D eigenvalue weighted by Gasteiger charge is 2.31. The van der Waals surface area contributed by atoms with Crippen molar-refractivity contribution in [1.82, 2.24) is 14.5 Å². The quantitative estimate of drug-likeness (QED) is 0.795. The van der Waals surface area contributed by atoms with E-state index in [2.05, 4.69) is 12.2 Å². The van der Waals surface area contributed by atoms with Crippen LogP contribution in [0.1, 0.15) is 26.7 Å². The molecule has 6 nitrogen and oxygen atoms in total. The molecule has 8 heteroatoms. The number of piperazine rings is 1. The summed E-state index contributed by atoms with van der Waals surface area (Å²) in [7, 11) is -3.09. The van der Waals surface area contributed by atoms with Crippen molar-refractivity contribution in [1.29, 1.82) is 0 Å². The topological polar surface area (TPSA) is 69.7 Å². The first-order valence-electron chi connectivity index (χ1n) is 6.92. The van der Waals surface area contributed by atoms with Gasteiger partial charge in [0.1, 0.15) is 0 Å². The van der Waals surface area contributed by atoms with Gasteiger partial charge in [-0.1, -0.05) is 0 Å². The second-order valence-electron chi connectivity index (χ2n) is 5.39. The molecule has 2 atom stereocenters. The maximum absolute atomic E-state index is 12.2. The van der Waals surface area contributed by atoms with Gasteiger partial charge in [-0.25, -0.2) is 12.7 Å². The molecule has 2 unspecified atom stereocenters. The van der Waals surface area contributed by atoms with Gasteiger partial charge in [0.25, 0.3) is 0 Å². The standard InChI is InChI=1S/C12H23N3O3S.ClH/c1-10-11(2)15(8-5-13-10)12(16)4-7-14-6-3-9-19(14,17)18;/h10-11,13H,3-9H2,1-2H3;1H. The molecule has 2 saturated heterocycles. The minimum Gasteiger partial charge on any atom is -0.337 e. The molecule has 0 aromatic carbocycles. The number of nitrogens with one attached hydrogen (secondary N) is 1. The molecule has 2 heterocycles. The zero-order valence-corrected chi connectivity index (χ0v) is 13.7. The van der Waals surface area contributed by atoms with Crippen LogP contribution < -0.4 is 5.32 Å². The molecule has 0 radical (unpaired) electrons. The van der Waals surface area contributed by atoms with E-state index in [1.54, 1.807) is 0 Å². The first-order valence-corrected chi connectivity index (χ1v) is 8.53. The minimum absolute atomic E-state index is 0. The van der Waals surface area contributed by atoms with Crippen LogP contribution in [0.3, 0.4) is 0 Å². The summed E-state index contributed by atoms with van der Waals surface area (Å²) in [5.74, 6) is 0.283. The monoisotopic (exact) mass is 325 g/mol. The fourth-order valence-electron chi connectivity index (χ4n) is 2.71. The van der Waals surface area contributed by atoms with E-state index >= 15 is 0 Å². The summed E-state index contributed by atoms with van der Waals surface area (Å²) >= 11 is 0. The van der Waals surface area contributed by atoms with Gasteiger partial charge in [-0.2, -0.15) is 0 Å². The van der Waals surface area contributed by atoms with Crippen molar-refractivity contribution >= 4 is 28.3 Å². The van der Waals surface area contributed by atoms with Gasteiger partial charge in [0.05, 0.1) is 5.75 Å². The Labute approximate surface area is 127 Å². The highest BCUT2D eigenvalue weighted by molar-refractivity contribution is 7.89. The van der Waals surface area contributed by atoms with Crippen molar-refractivity contribution in [3.8, 4) is 0 Å². The number of carbonyl (C=O) groups is 1. The second kappa shape index (κ2) is 7.06. The van der Waals surface area contributed by atoms with Crippen LogP contribution >= 0.6 is 12.4 Å². The Kier molecular flexibility index (Phi) is 6.25. The number of nitrogens with zero attached hydrogens (tertiary/aromatic N) is 2. The predicted molar refractivity (Wildman–Crippen MR) is 80.5 cm³/mol. The van der Waals surface area contributed by atoms with Gasteiger partial charge in [0.2, 0.25) is 15.9 Å². The van der Waals surface area contributed by atoms with Gasteiger partial charge in [0.15, 0.2) is 0 Å². The maximum atomic E-state index is 12.2. The number of sulfonamides is 1. The summed E-state index contributed by atoms with van der Waals surface area (Å²) in [6.07, 6.45) is 0.966. The van der Waals surface area contributed by atoms with Crippen LogP contribution in [0.2, 0.25) is 0 Å². The molecule has 2 aliphatic rings. The molecule has 2 aliphatic heterocycles. The Morgan fingerprint density at radius 1 is 1.30 bits per heavy atom. The molecule has 0 spiro atoms. The molecule has 0 saturated carbocycles. The molecule has 2 rings (SSSR count). The van der Waals surface area contributed by atoms with Crippen molar-refractivity contribution in [2.75, 3.05) is 31.9 Å². The largest absolute Gasteiger partial charge is 0.337 e. The normalized spacial score (nSPS) is 30.0. The van der Waals surface area contributed by atoms with Gasteiger partial charge in [-0.3, -0.25) is 4.79 Å². The van der Waals surface area contributed by atoms with E-state index in [4.69, 9.17) is 0 Å². The molecule has 118 valence electrons. The van der Waals surface area contributed by atoms with Crippen molar-refractivity contribution in [3.05, 3.63) is 0 Å². The summed E-state index contributed by atoms with van der Waals surface area (Å²) < 4.78 is 24.8. The van der Waals surface area contributed by atoms with E-state index in [0.717, 1.165) is 6.54 Å². The molecular weight excluding hydrogens is 302 g/mol. The van der Waals surface area contributed by atoms with E-state index < -0.39 is 10.0 Å². The summed E-state index contributed by atoms with van der Waals surface area (Å²) in [5.41, 5.74) is 0. The molecule has 0 aromatic heterocycles. The van der Waals surface area contributed by atoms with Crippen LogP contribution in [0.15, 0.2) is 0 Å². The van der Waals surface area contributed by atoms with Crippen molar-refractivity contribution < 1.29 is 13.2 Å². The maximum Gasteiger partial charge on any atom is 0.224 e. The minimum atomic E-state index is -3.09. The molecule has 20 heavy (non-hydrogen) atoms. The van der Waals surface area contributed by atoms with Crippen LogP contribution in [-0.4, -0.2) is 67.5 Å². The van der Waals surface area contributed by atoms with Gasteiger partial charge >= 0.3 is 0 Å². The van der Waals surface area contributed by atoms with Gasteiger partial charge in [0, 0.05) is 44.7 Å². The van der Waals surface area contributed by atoms with E-state index in [1.807, 2.05) is 11.8 Å². The first kappa shape index (κ1) is 17.7. The predicted octanol–water partition coefficient (Wildman–Crippen LogP) is 0.0426. The number of hydrogen-bond acceptors (Lipinski definition) is 4. The first-order chi connectivity index (χ1) is 8.92. The Morgan fingerprint density at radius 2 is 2.00 bits per heavy atom. The Bertz CT molecular complexity index is 443. The van der Waals surface area contributed by atoms with Gasteiger partial charge in [-0.05, 0) is 20.3 Å². The van der Waals surface area contributed by atoms with Crippen molar-refractivity contribution in [3.63, 3.8) is 0 Å². The fraction of sp³-hybridized carbons (Fsp3) is 0.917. The Morgan fingerprint density at radius 3 is 2.60 bits per heavy atom. The molecule has 0 aliphatic carbocycles. The van der Waals surface area contributed by atoms with E-state index in [0.29, 0.717) is 26.1 Å². The third kappa shape index (κ3) is 3.84. The smallest absolute Gasteiger partial charge is 0.224 e. The number of amides is 1. The third-order valence-electron chi connectivity index (χ3n) is 4.13. The molecule has 0 bridgehead atoms. The highest BCUT2D eigenvalue weighted by Crippen LogP contribution is 2.15. The number of halogens is 1. The molecule has 2 fully saturated rings. The average molecular weight is 326 g/mol. The van der Waals surface area contributed by atoms with Crippen molar-refractivity contribution in [2.45, 2.75) is 38.8 Å².